The summed E-state index contributed by atoms with van der Waals surface area (Å²) >= 11 is 0. The maximum atomic E-state index is 13.0. The number of alkyl halides is 3. The Hall–Kier alpha value is -2.38. The summed E-state index contributed by atoms with van der Waals surface area (Å²) in [6.45, 7) is 0.193. The standard InChI is InChI=1S/C17H16F4N2O2/c18-12-4-6-13(7-5-12)25-9-1-8-23-16(24)14(17(19,20)21)10-15(22-23)11-2-3-11/h4-7,10-11H,1-3,8-9H2. The number of nitrogens with zero attached hydrogens (tertiary/aromatic N) is 2. The molecule has 0 saturated heterocycles. The van der Waals surface area contributed by atoms with E-state index in [0.717, 1.165) is 23.6 Å². The molecule has 134 valence electrons. The molecule has 4 nitrogen and oxygen atoms in total. The van der Waals surface area contributed by atoms with Crippen molar-refractivity contribution in [2.24, 2.45) is 0 Å². The fraction of sp³-hybridized carbons (Fsp3) is 0.412. The van der Waals surface area contributed by atoms with Gasteiger partial charge in [0.1, 0.15) is 17.1 Å². The quantitative estimate of drug-likeness (QED) is 0.585. The summed E-state index contributed by atoms with van der Waals surface area (Å²) in [5.41, 5.74) is -2.01. The first-order chi connectivity index (χ1) is 11.8. The molecule has 1 aromatic carbocycles. The van der Waals surface area contributed by atoms with Gasteiger partial charge in [-0.1, -0.05) is 0 Å². The molecule has 8 heteroatoms. The Morgan fingerprint density at radius 1 is 1.20 bits per heavy atom. The Kier molecular flexibility index (Phi) is 4.78. The predicted molar refractivity (Wildman–Crippen MR) is 82.0 cm³/mol. The lowest BCUT2D eigenvalue weighted by Crippen LogP contribution is -2.32. The van der Waals surface area contributed by atoms with E-state index in [1.165, 1.54) is 24.3 Å². The highest BCUT2D eigenvalue weighted by Gasteiger charge is 2.37. The van der Waals surface area contributed by atoms with E-state index in [9.17, 15) is 22.4 Å². The van der Waals surface area contributed by atoms with E-state index in [1.54, 1.807) is 0 Å². The van der Waals surface area contributed by atoms with Crippen LogP contribution in [0.1, 0.15) is 36.4 Å². The minimum absolute atomic E-state index is 0.00316. The van der Waals surface area contributed by atoms with Crippen LogP contribution in [0.5, 0.6) is 5.75 Å². The molecule has 0 unspecified atom stereocenters. The normalized spacial score (nSPS) is 14.6. The van der Waals surface area contributed by atoms with Crippen LogP contribution in [0.15, 0.2) is 35.1 Å². The Bertz CT molecular complexity index is 796. The van der Waals surface area contributed by atoms with E-state index >= 15 is 0 Å². The highest BCUT2D eigenvalue weighted by Crippen LogP contribution is 2.40. The Morgan fingerprint density at radius 3 is 2.48 bits per heavy atom. The van der Waals surface area contributed by atoms with Crippen molar-refractivity contribution >= 4 is 0 Å². The zero-order chi connectivity index (χ0) is 18.0. The summed E-state index contributed by atoms with van der Waals surface area (Å²) in [5.74, 6) is 0.0625. The number of aromatic nitrogens is 2. The number of rotatable bonds is 6. The monoisotopic (exact) mass is 356 g/mol. The number of hydrogen-bond acceptors (Lipinski definition) is 3. The third kappa shape index (κ3) is 4.37. The SMILES string of the molecule is O=c1c(C(F)(F)F)cc(C2CC2)nn1CCCOc1ccc(F)cc1. The van der Waals surface area contributed by atoms with Crippen molar-refractivity contribution in [2.75, 3.05) is 6.61 Å². The molecule has 0 amide bonds. The van der Waals surface area contributed by atoms with Crippen molar-refractivity contribution in [1.82, 2.24) is 9.78 Å². The number of benzene rings is 1. The Balaban J connectivity index is 1.68. The fourth-order valence-corrected chi connectivity index (χ4v) is 2.43. The average Bonchev–Trinajstić information content (AvgIpc) is 3.38. The summed E-state index contributed by atoms with van der Waals surface area (Å²) < 4.78 is 58.1. The summed E-state index contributed by atoms with van der Waals surface area (Å²) in [6, 6.07) is 6.27. The van der Waals surface area contributed by atoms with Crippen molar-refractivity contribution in [1.29, 1.82) is 0 Å². The smallest absolute Gasteiger partial charge is 0.421 e. The molecule has 0 bridgehead atoms. The van der Waals surface area contributed by atoms with Crippen LogP contribution in [-0.4, -0.2) is 16.4 Å². The first-order valence-corrected chi connectivity index (χ1v) is 7.92. The third-order valence-electron chi connectivity index (χ3n) is 3.89. The summed E-state index contributed by atoms with van der Waals surface area (Å²) in [4.78, 5) is 12.0. The molecule has 0 N–H and O–H groups in total. The number of aryl methyl sites for hydroxylation is 1. The van der Waals surface area contributed by atoms with E-state index in [0.29, 0.717) is 17.9 Å². The maximum Gasteiger partial charge on any atom is 0.421 e. The molecule has 1 heterocycles. The lowest BCUT2D eigenvalue weighted by molar-refractivity contribution is -0.139. The van der Waals surface area contributed by atoms with Crippen LogP contribution >= 0.6 is 0 Å². The highest BCUT2D eigenvalue weighted by atomic mass is 19.4. The van der Waals surface area contributed by atoms with Crippen LogP contribution in [0.2, 0.25) is 0 Å². The predicted octanol–water partition coefficient (Wildman–Crippen LogP) is 3.75. The molecular formula is C17H16F4N2O2. The summed E-state index contributed by atoms with van der Waals surface area (Å²) in [6.07, 6.45) is -2.82. The van der Waals surface area contributed by atoms with Gasteiger partial charge in [-0.15, -0.1) is 0 Å². The number of ether oxygens (including phenoxy) is 1. The second-order valence-corrected chi connectivity index (χ2v) is 5.94. The summed E-state index contributed by atoms with van der Waals surface area (Å²) in [7, 11) is 0. The molecule has 1 saturated carbocycles. The van der Waals surface area contributed by atoms with Gasteiger partial charge in [0.05, 0.1) is 12.3 Å². The van der Waals surface area contributed by atoms with Gasteiger partial charge in [0, 0.05) is 18.9 Å². The van der Waals surface area contributed by atoms with Crippen molar-refractivity contribution < 1.29 is 22.3 Å². The second-order valence-electron chi connectivity index (χ2n) is 5.94. The largest absolute Gasteiger partial charge is 0.494 e. The van der Waals surface area contributed by atoms with Crippen LogP contribution < -0.4 is 10.3 Å². The van der Waals surface area contributed by atoms with Gasteiger partial charge >= 0.3 is 6.18 Å². The molecule has 1 aromatic heterocycles. The van der Waals surface area contributed by atoms with Crippen molar-refractivity contribution in [2.45, 2.75) is 37.9 Å². The van der Waals surface area contributed by atoms with Crippen molar-refractivity contribution in [3.63, 3.8) is 0 Å². The average molecular weight is 356 g/mol. The second kappa shape index (κ2) is 6.85. The van der Waals surface area contributed by atoms with E-state index in [1.807, 2.05) is 0 Å². The topological polar surface area (TPSA) is 44.1 Å². The lowest BCUT2D eigenvalue weighted by atomic mass is 10.2. The van der Waals surface area contributed by atoms with Gasteiger partial charge < -0.3 is 4.74 Å². The lowest BCUT2D eigenvalue weighted by Gasteiger charge is -2.12. The molecule has 0 aliphatic heterocycles. The van der Waals surface area contributed by atoms with Crippen LogP contribution in [0.4, 0.5) is 17.6 Å². The fourth-order valence-electron chi connectivity index (χ4n) is 2.43. The van der Waals surface area contributed by atoms with Gasteiger partial charge in [0.2, 0.25) is 0 Å². The molecule has 0 atom stereocenters. The molecule has 0 spiro atoms. The minimum atomic E-state index is -4.70. The molecule has 0 radical (unpaired) electrons. The molecule has 2 aromatic rings. The Labute approximate surface area is 141 Å². The van der Waals surface area contributed by atoms with E-state index in [4.69, 9.17) is 4.74 Å². The van der Waals surface area contributed by atoms with Gasteiger partial charge in [0.15, 0.2) is 0 Å². The minimum Gasteiger partial charge on any atom is -0.494 e. The number of halogens is 4. The van der Waals surface area contributed by atoms with E-state index < -0.39 is 17.3 Å². The van der Waals surface area contributed by atoms with Gasteiger partial charge in [-0.05, 0) is 43.2 Å². The van der Waals surface area contributed by atoms with Crippen molar-refractivity contribution in [3.05, 3.63) is 57.8 Å². The van der Waals surface area contributed by atoms with Crippen molar-refractivity contribution in [3.8, 4) is 5.75 Å². The van der Waals surface area contributed by atoms with E-state index in [-0.39, 0.29) is 24.9 Å². The van der Waals surface area contributed by atoms with E-state index in [2.05, 4.69) is 5.10 Å². The highest BCUT2D eigenvalue weighted by molar-refractivity contribution is 5.23. The molecule has 1 aliphatic rings. The van der Waals surface area contributed by atoms with Gasteiger partial charge in [-0.25, -0.2) is 9.07 Å². The zero-order valence-electron chi connectivity index (χ0n) is 13.2. The molecule has 1 fully saturated rings. The van der Waals surface area contributed by atoms with Crippen LogP contribution in [0, 0.1) is 5.82 Å². The summed E-state index contributed by atoms with van der Waals surface area (Å²) in [5, 5.41) is 4.06. The first kappa shape index (κ1) is 17.4. The first-order valence-electron chi connectivity index (χ1n) is 7.92. The van der Waals surface area contributed by atoms with Gasteiger partial charge in [0.25, 0.3) is 5.56 Å². The van der Waals surface area contributed by atoms with Crippen LogP contribution in [-0.2, 0) is 12.7 Å². The van der Waals surface area contributed by atoms with Crippen LogP contribution in [0.25, 0.3) is 0 Å². The van der Waals surface area contributed by atoms with Crippen LogP contribution in [0.3, 0.4) is 0 Å². The molecule has 25 heavy (non-hydrogen) atoms. The Morgan fingerprint density at radius 2 is 1.88 bits per heavy atom. The zero-order valence-corrected chi connectivity index (χ0v) is 13.2. The molecule has 3 rings (SSSR count). The molecular weight excluding hydrogens is 340 g/mol. The third-order valence-corrected chi connectivity index (χ3v) is 3.89. The maximum absolute atomic E-state index is 13.0. The molecule has 1 aliphatic carbocycles. The van der Waals surface area contributed by atoms with Gasteiger partial charge in [-0.3, -0.25) is 4.79 Å². The van der Waals surface area contributed by atoms with Gasteiger partial charge in [-0.2, -0.15) is 18.3 Å². The number of hydrogen-bond donors (Lipinski definition) is 0.